The van der Waals surface area contributed by atoms with Crippen LogP contribution in [0.2, 0.25) is 0 Å². The molecule has 0 unspecified atom stereocenters. The number of furan rings is 1. The van der Waals surface area contributed by atoms with Crippen molar-refractivity contribution in [1.29, 1.82) is 0 Å². The Morgan fingerprint density at radius 1 is 1.33 bits per heavy atom. The average molecular weight is 334 g/mol. The van der Waals surface area contributed by atoms with Crippen LogP contribution in [0.1, 0.15) is 25.5 Å². The maximum Gasteiger partial charge on any atom is 0.230 e. The summed E-state index contributed by atoms with van der Waals surface area (Å²) in [6.07, 6.45) is 3.77. The highest BCUT2D eigenvalue weighted by Crippen LogP contribution is 2.44. The molecule has 1 spiro atoms. The standard InChI is InChI=1S/C18H26N2O4/c1-14(21)20-11-15(12-23-2)18(13-20)5-7-19(8-6-18)17(22)10-16-4-3-9-24-16/h3-4,9,15H,5-8,10-13H2,1-2H3/t15-/m0/s1. The van der Waals surface area contributed by atoms with Crippen LogP contribution >= 0.6 is 0 Å². The molecule has 1 aromatic rings. The fourth-order valence-corrected chi connectivity index (χ4v) is 4.15. The van der Waals surface area contributed by atoms with Crippen molar-refractivity contribution < 1.29 is 18.7 Å². The Bertz CT molecular complexity index is 576. The third kappa shape index (κ3) is 3.34. The van der Waals surface area contributed by atoms with Crippen LogP contribution in [0.25, 0.3) is 0 Å². The lowest BCUT2D eigenvalue weighted by molar-refractivity contribution is -0.134. The molecule has 0 aromatic carbocycles. The molecule has 1 aromatic heterocycles. The van der Waals surface area contributed by atoms with Crippen molar-refractivity contribution in [1.82, 2.24) is 9.80 Å². The Balaban J connectivity index is 1.62. The summed E-state index contributed by atoms with van der Waals surface area (Å²) in [5.74, 6) is 1.31. The third-order valence-electron chi connectivity index (χ3n) is 5.64. The van der Waals surface area contributed by atoms with Gasteiger partial charge in [-0.15, -0.1) is 0 Å². The fourth-order valence-electron chi connectivity index (χ4n) is 4.15. The molecule has 1 atom stereocenters. The second kappa shape index (κ2) is 6.97. The molecular formula is C18H26N2O4. The predicted octanol–water partition coefficient (Wildman–Crippen LogP) is 1.56. The Kier molecular flexibility index (Phi) is 4.94. The number of piperidine rings is 1. The normalized spacial score (nSPS) is 23.0. The van der Waals surface area contributed by atoms with Gasteiger partial charge in [-0.1, -0.05) is 0 Å². The molecule has 0 bridgehead atoms. The summed E-state index contributed by atoms with van der Waals surface area (Å²) in [6, 6.07) is 3.64. The number of likely N-dealkylation sites (tertiary alicyclic amines) is 2. The Labute approximate surface area is 142 Å². The molecule has 0 aliphatic carbocycles. The minimum Gasteiger partial charge on any atom is -0.469 e. The molecule has 6 heteroatoms. The molecule has 2 amide bonds. The van der Waals surface area contributed by atoms with Gasteiger partial charge in [-0.2, -0.15) is 0 Å². The summed E-state index contributed by atoms with van der Waals surface area (Å²) in [7, 11) is 1.71. The van der Waals surface area contributed by atoms with E-state index >= 15 is 0 Å². The van der Waals surface area contributed by atoms with Crippen molar-refractivity contribution in [3.63, 3.8) is 0 Å². The molecule has 0 radical (unpaired) electrons. The van der Waals surface area contributed by atoms with E-state index in [-0.39, 0.29) is 17.2 Å². The van der Waals surface area contributed by atoms with Crippen LogP contribution in [-0.2, 0) is 20.7 Å². The maximum atomic E-state index is 12.4. The van der Waals surface area contributed by atoms with Gasteiger partial charge in [0.1, 0.15) is 5.76 Å². The van der Waals surface area contributed by atoms with Gasteiger partial charge in [0.25, 0.3) is 0 Å². The van der Waals surface area contributed by atoms with Crippen molar-refractivity contribution in [2.24, 2.45) is 11.3 Å². The molecule has 132 valence electrons. The van der Waals surface area contributed by atoms with Crippen molar-refractivity contribution in [2.75, 3.05) is 39.9 Å². The van der Waals surface area contributed by atoms with Crippen LogP contribution in [0.5, 0.6) is 0 Å². The van der Waals surface area contributed by atoms with E-state index in [1.165, 1.54) is 0 Å². The summed E-state index contributed by atoms with van der Waals surface area (Å²) in [4.78, 5) is 28.1. The summed E-state index contributed by atoms with van der Waals surface area (Å²) >= 11 is 0. The molecule has 2 aliphatic rings. The summed E-state index contributed by atoms with van der Waals surface area (Å²) < 4.78 is 10.7. The molecule has 2 saturated heterocycles. The lowest BCUT2D eigenvalue weighted by Crippen LogP contribution is -2.47. The van der Waals surface area contributed by atoms with Crippen molar-refractivity contribution in [3.05, 3.63) is 24.2 Å². The van der Waals surface area contributed by atoms with Crippen molar-refractivity contribution in [3.8, 4) is 0 Å². The second-order valence-electron chi connectivity index (χ2n) is 7.05. The number of amides is 2. The van der Waals surface area contributed by atoms with Gasteiger partial charge in [0.05, 0.1) is 19.3 Å². The summed E-state index contributed by atoms with van der Waals surface area (Å²) in [5.41, 5.74) is 0.0865. The minimum atomic E-state index is 0.0865. The van der Waals surface area contributed by atoms with E-state index in [2.05, 4.69) is 0 Å². The number of hydrogen-bond donors (Lipinski definition) is 0. The fraction of sp³-hybridized carbons (Fsp3) is 0.667. The Morgan fingerprint density at radius 2 is 2.08 bits per heavy atom. The van der Waals surface area contributed by atoms with Gasteiger partial charge in [0.2, 0.25) is 11.8 Å². The first-order valence-corrected chi connectivity index (χ1v) is 8.59. The molecule has 2 aliphatic heterocycles. The average Bonchev–Trinajstić information content (AvgIpc) is 3.18. The van der Waals surface area contributed by atoms with Crippen molar-refractivity contribution >= 4 is 11.8 Å². The highest BCUT2D eigenvalue weighted by molar-refractivity contribution is 5.78. The van der Waals surface area contributed by atoms with Gasteiger partial charge in [0.15, 0.2) is 0 Å². The molecule has 3 heterocycles. The van der Waals surface area contributed by atoms with Gasteiger partial charge in [0, 0.05) is 46.1 Å². The first-order valence-electron chi connectivity index (χ1n) is 8.59. The molecule has 6 nitrogen and oxygen atoms in total. The van der Waals surface area contributed by atoms with Crippen LogP contribution in [0.3, 0.4) is 0 Å². The van der Waals surface area contributed by atoms with Gasteiger partial charge >= 0.3 is 0 Å². The number of rotatable bonds is 4. The van der Waals surface area contributed by atoms with Gasteiger partial charge in [-0.05, 0) is 30.4 Å². The third-order valence-corrected chi connectivity index (χ3v) is 5.64. The number of carbonyl (C=O) groups is 2. The number of hydrogen-bond acceptors (Lipinski definition) is 4. The quantitative estimate of drug-likeness (QED) is 0.838. The van der Waals surface area contributed by atoms with E-state index in [1.54, 1.807) is 26.4 Å². The van der Waals surface area contributed by atoms with Crippen LogP contribution < -0.4 is 0 Å². The van der Waals surface area contributed by atoms with E-state index in [1.807, 2.05) is 15.9 Å². The van der Waals surface area contributed by atoms with E-state index in [9.17, 15) is 9.59 Å². The van der Waals surface area contributed by atoms with E-state index < -0.39 is 0 Å². The summed E-state index contributed by atoms with van der Waals surface area (Å²) in [6.45, 7) is 5.34. The lowest BCUT2D eigenvalue weighted by Gasteiger charge is -2.42. The number of nitrogens with zero attached hydrogens (tertiary/aromatic N) is 2. The molecule has 3 rings (SSSR count). The molecule has 0 N–H and O–H groups in total. The topological polar surface area (TPSA) is 63.0 Å². The van der Waals surface area contributed by atoms with Crippen LogP contribution in [0.15, 0.2) is 22.8 Å². The first kappa shape index (κ1) is 17.0. The highest BCUT2D eigenvalue weighted by Gasteiger charge is 2.49. The smallest absolute Gasteiger partial charge is 0.230 e. The Hall–Kier alpha value is -1.82. The van der Waals surface area contributed by atoms with E-state index in [4.69, 9.17) is 9.15 Å². The number of methoxy groups -OCH3 is 1. The van der Waals surface area contributed by atoms with Gasteiger partial charge in [-0.3, -0.25) is 9.59 Å². The molecule has 2 fully saturated rings. The first-order chi connectivity index (χ1) is 11.5. The van der Waals surface area contributed by atoms with Gasteiger partial charge in [-0.25, -0.2) is 0 Å². The zero-order valence-corrected chi connectivity index (χ0v) is 14.5. The summed E-state index contributed by atoms with van der Waals surface area (Å²) in [5, 5.41) is 0. The van der Waals surface area contributed by atoms with E-state index in [0.717, 1.165) is 39.0 Å². The monoisotopic (exact) mass is 334 g/mol. The zero-order valence-electron chi connectivity index (χ0n) is 14.5. The molecular weight excluding hydrogens is 308 g/mol. The van der Waals surface area contributed by atoms with Crippen molar-refractivity contribution in [2.45, 2.75) is 26.2 Å². The number of ether oxygens (including phenoxy) is 1. The zero-order chi connectivity index (χ0) is 17.2. The predicted molar refractivity (Wildman–Crippen MR) is 88.3 cm³/mol. The highest BCUT2D eigenvalue weighted by atomic mass is 16.5. The van der Waals surface area contributed by atoms with Crippen LogP contribution in [0.4, 0.5) is 0 Å². The molecule has 0 saturated carbocycles. The SMILES string of the molecule is COC[C@@H]1CN(C(C)=O)CC12CCN(C(=O)Cc1ccco1)CC2. The van der Waals surface area contributed by atoms with E-state index in [0.29, 0.717) is 24.7 Å². The Morgan fingerprint density at radius 3 is 2.67 bits per heavy atom. The van der Waals surface area contributed by atoms with Gasteiger partial charge < -0.3 is 19.0 Å². The largest absolute Gasteiger partial charge is 0.469 e. The maximum absolute atomic E-state index is 12.4. The molecule has 24 heavy (non-hydrogen) atoms. The number of carbonyl (C=O) groups excluding carboxylic acids is 2. The van der Waals surface area contributed by atoms with Crippen LogP contribution in [0, 0.1) is 11.3 Å². The second-order valence-corrected chi connectivity index (χ2v) is 7.05. The minimum absolute atomic E-state index is 0.0865. The van der Waals surface area contributed by atoms with Crippen LogP contribution in [-0.4, -0.2) is 61.5 Å². The lowest BCUT2D eigenvalue weighted by atomic mass is 9.71.